The SMILES string of the molecule is CN[C@@H](C)CN[C@H]1COc2c(C(=O)OC(=O)C(F)(F)F)cccc2N(Cc2c(OC)ccc3cc(Br)ccc23)C1=O. The molecule has 1 aliphatic heterocycles. The van der Waals surface area contributed by atoms with E-state index in [1.165, 1.54) is 30.2 Å². The van der Waals surface area contributed by atoms with Crippen molar-refractivity contribution < 1.29 is 41.8 Å². The van der Waals surface area contributed by atoms with Gasteiger partial charge in [-0.05, 0) is 55.1 Å². The maximum Gasteiger partial charge on any atom is 0.491 e. The lowest BCUT2D eigenvalue weighted by molar-refractivity contribution is -0.193. The standard InChI is InChI=1S/C28H27BrF3N3O6/c1-15(33-2)12-34-21-14-40-24-19(26(37)41-27(38)28(30,31)32)5-4-6-22(24)35(25(21)36)13-20-18-9-8-17(29)11-16(18)7-10-23(20)39-3/h4-11,15,21,33-34H,12-14H2,1-3H3/t15-,21-/m0/s1. The highest BCUT2D eigenvalue weighted by atomic mass is 79.9. The van der Waals surface area contributed by atoms with Crippen LogP contribution < -0.4 is 25.0 Å². The zero-order valence-corrected chi connectivity index (χ0v) is 23.9. The molecule has 4 rings (SSSR count). The van der Waals surface area contributed by atoms with Crippen LogP contribution in [-0.2, 0) is 20.9 Å². The molecule has 0 aliphatic carbocycles. The monoisotopic (exact) mass is 637 g/mol. The van der Waals surface area contributed by atoms with Gasteiger partial charge in [-0.25, -0.2) is 9.59 Å². The molecular formula is C28H27BrF3N3O6. The quantitative estimate of drug-likeness (QED) is 0.277. The van der Waals surface area contributed by atoms with E-state index >= 15 is 0 Å². The van der Waals surface area contributed by atoms with Crippen LogP contribution >= 0.6 is 15.9 Å². The van der Waals surface area contributed by atoms with Gasteiger partial charge in [0.2, 0.25) is 5.91 Å². The molecule has 0 radical (unpaired) electrons. The highest BCUT2D eigenvalue weighted by Crippen LogP contribution is 2.39. The predicted octanol–water partition coefficient (Wildman–Crippen LogP) is 4.35. The number of methoxy groups -OCH3 is 1. The first kappa shape index (κ1) is 30.3. The number of carbonyl (C=O) groups excluding carboxylic acids is 3. The van der Waals surface area contributed by atoms with Gasteiger partial charge in [-0.2, -0.15) is 13.2 Å². The summed E-state index contributed by atoms with van der Waals surface area (Å²) in [5.41, 5.74) is 0.336. The Morgan fingerprint density at radius 1 is 1.20 bits per heavy atom. The number of nitrogens with zero attached hydrogens (tertiary/aromatic N) is 1. The molecule has 3 aromatic rings. The molecule has 0 fully saturated rings. The average molecular weight is 638 g/mol. The van der Waals surface area contributed by atoms with E-state index < -0.39 is 35.6 Å². The van der Waals surface area contributed by atoms with Crippen molar-refractivity contribution in [3.8, 4) is 11.5 Å². The number of benzene rings is 3. The second-order valence-corrected chi connectivity index (χ2v) is 10.2. The number of rotatable bonds is 8. The van der Waals surface area contributed by atoms with Crippen LogP contribution in [0.15, 0.2) is 53.0 Å². The molecule has 41 heavy (non-hydrogen) atoms. The van der Waals surface area contributed by atoms with Crippen molar-refractivity contribution in [1.29, 1.82) is 0 Å². The van der Waals surface area contributed by atoms with Gasteiger partial charge < -0.3 is 29.7 Å². The van der Waals surface area contributed by atoms with E-state index in [0.29, 0.717) is 17.9 Å². The molecule has 13 heteroatoms. The van der Waals surface area contributed by atoms with Crippen LogP contribution in [-0.4, -0.2) is 63.4 Å². The molecular weight excluding hydrogens is 611 g/mol. The number of alkyl halides is 3. The third-order valence-corrected chi connectivity index (χ3v) is 7.12. The van der Waals surface area contributed by atoms with E-state index in [1.54, 1.807) is 13.1 Å². The number of ether oxygens (including phenoxy) is 3. The number of carbonyl (C=O) groups is 3. The Labute approximate surface area is 242 Å². The smallest absolute Gasteiger partial charge is 0.491 e. The van der Waals surface area contributed by atoms with Crippen LogP contribution in [0.25, 0.3) is 10.8 Å². The molecule has 0 unspecified atom stereocenters. The largest absolute Gasteiger partial charge is 0.496 e. The van der Waals surface area contributed by atoms with Crippen LogP contribution in [0.4, 0.5) is 18.9 Å². The summed E-state index contributed by atoms with van der Waals surface area (Å²) in [5.74, 6) is -4.30. The fourth-order valence-corrected chi connectivity index (χ4v) is 4.76. The minimum absolute atomic E-state index is 0.00240. The van der Waals surface area contributed by atoms with Crippen molar-refractivity contribution in [1.82, 2.24) is 10.6 Å². The first-order valence-electron chi connectivity index (χ1n) is 12.5. The van der Waals surface area contributed by atoms with Gasteiger partial charge in [0, 0.05) is 22.6 Å². The first-order chi connectivity index (χ1) is 19.4. The van der Waals surface area contributed by atoms with E-state index in [1.807, 2.05) is 31.2 Å². The van der Waals surface area contributed by atoms with E-state index in [0.717, 1.165) is 15.2 Å². The van der Waals surface area contributed by atoms with Crippen LogP contribution in [0.3, 0.4) is 0 Å². The number of hydrogen-bond donors (Lipinski definition) is 2. The molecule has 1 amide bonds. The second kappa shape index (κ2) is 12.5. The summed E-state index contributed by atoms with van der Waals surface area (Å²) in [6.07, 6.45) is -5.37. The van der Waals surface area contributed by atoms with Crippen molar-refractivity contribution in [2.24, 2.45) is 0 Å². The van der Waals surface area contributed by atoms with Crippen LogP contribution in [0.5, 0.6) is 11.5 Å². The summed E-state index contributed by atoms with van der Waals surface area (Å²) < 4.78 is 54.8. The molecule has 2 N–H and O–H groups in total. The number of halogens is 4. The minimum Gasteiger partial charge on any atom is -0.496 e. The maximum absolute atomic E-state index is 14.0. The van der Waals surface area contributed by atoms with Crippen molar-refractivity contribution >= 4 is 50.2 Å². The van der Waals surface area contributed by atoms with Gasteiger partial charge in [0.15, 0.2) is 5.75 Å². The molecule has 0 aromatic heterocycles. The Bertz CT molecular complexity index is 1480. The summed E-state index contributed by atoms with van der Waals surface area (Å²) in [7, 11) is 3.27. The summed E-state index contributed by atoms with van der Waals surface area (Å²) in [4.78, 5) is 39.5. The van der Waals surface area contributed by atoms with Crippen molar-refractivity contribution in [2.45, 2.75) is 31.7 Å². The lowest BCUT2D eigenvalue weighted by atomic mass is 10.0. The number of fused-ring (bicyclic) bond motifs is 2. The van der Waals surface area contributed by atoms with E-state index in [9.17, 15) is 27.6 Å². The Morgan fingerprint density at radius 2 is 1.95 bits per heavy atom. The molecule has 0 bridgehead atoms. The summed E-state index contributed by atoms with van der Waals surface area (Å²) in [5, 5.41) is 7.88. The third kappa shape index (κ3) is 6.63. The van der Waals surface area contributed by atoms with E-state index in [4.69, 9.17) is 9.47 Å². The molecule has 1 aliphatic rings. The number of esters is 2. The van der Waals surface area contributed by atoms with Gasteiger partial charge in [-0.3, -0.25) is 4.79 Å². The number of hydrogen-bond acceptors (Lipinski definition) is 8. The number of nitrogens with one attached hydrogen (secondary N) is 2. The molecule has 0 saturated carbocycles. The van der Waals surface area contributed by atoms with Gasteiger partial charge in [-0.1, -0.05) is 34.1 Å². The predicted molar refractivity (Wildman–Crippen MR) is 148 cm³/mol. The number of amides is 1. The molecule has 1 heterocycles. The fourth-order valence-electron chi connectivity index (χ4n) is 4.38. The summed E-state index contributed by atoms with van der Waals surface area (Å²) >= 11 is 3.46. The normalized spacial score (nSPS) is 16.0. The summed E-state index contributed by atoms with van der Waals surface area (Å²) in [6.45, 7) is 2.03. The molecule has 218 valence electrons. The number of para-hydroxylation sites is 1. The highest BCUT2D eigenvalue weighted by Gasteiger charge is 2.43. The number of anilines is 1. The highest BCUT2D eigenvalue weighted by molar-refractivity contribution is 9.10. The zero-order chi connectivity index (χ0) is 29.9. The maximum atomic E-state index is 14.0. The van der Waals surface area contributed by atoms with Crippen LogP contribution in [0, 0.1) is 0 Å². The second-order valence-electron chi connectivity index (χ2n) is 9.33. The van der Waals surface area contributed by atoms with Gasteiger partial charge in [0.25, 0.3) is 0 Å². The Morgan fingerprint density at radius 3 is 2.63 bits per heavy atom. The van der Waals surface area contributed by atoms with Crippen molar-refractivity contribution in [3.05, 3.63) is 64.1 Å². The third-order valence-electron chi connectivity index (χ3n) is 6.63. The van der Waals surface area contributed by atoms with Gasteiger partial charge in [0.05, 0.1) is 19.3 Å². The Hall–Kier alpha value is -3.68. The number of likely N-dealkylation sites (N-methyl/N-ethyl adjacent to an activating group) is 1. The van der Waals surface area contributed by atoms with Crippen LogP contribution in [0.1, 0.15) is 22.8 Å². The average Bonchev–Trinajstić information content (AvgIpc) is 3.07. The van der Waals surface area contributed by atoms with E-state index in [2.05, 4.69) is 31.3 Å². The van der Waals surface area contributed by atoms with Gasteiger partial charge in [-0.15, -0.1) is 0 Å². The Kier molecular flexibility index (Phi) is 9.20. The molecule has 0 saturated heterocycles. The van der Waals surface area contributed by atoms with E-state index in [-0.39, 0.29) is 30.6 Å². The minimum atomic E-state index is -5.37. The zero-order valence-electron chi connectivity index (χ0n) is 22.3. The topological polar surface area (TPSA) is 106 Å². The molecule has 2 atom stereocenters. The lowest BCUT2D eigenvalue weighted by Gasteiger charge is -2.27. The van der Waals surface area contributed by atoms with Gasteiger partial charge >= 0.3 is 18.1 Å². The van der Waals surface area contributed by atoms with Crippen molar-refractivity contribution in [3.63, 3.8) is 0 Å². The first-order valence-corrected chi connectivity index (χ1v) is 13.3. The molecule has 3 aromatic carbocycles. The molecule has 0 spiro atoms. The van der Waals surface area contributed by atoms with Gasteiger partial charge in [0.1, 0.15) is 24.0 Å². The summed E-state index contributed by atoms with van der Waals surface area (Å²) in [6, 6.07) is 12.4. The Balaban J connectivity index is 1.82. The van der Waals surface area contributed by atoms with Crippen LogP contribution in [0.2, 0.25) is 0 Å². The molecule has 9 nitrogen and oxygen atoms in total. The fraction of sp³-hybridized carbons (Fsp3) is 0.321. The van der Waals surface area contributed by atoms with Crippen molar-refractivity contribution in [2.75, 3.05) is 32.2 Å². The lowest BCUT2D eigenvalue weighted by Crippen LogP contribution is -2.51.